The molecule has 10 heteroatoms. The Balaban J connectivity index is 1.27. The first-order chi connectivity index (χ1) is 15.9. The number of thiazole rings is 1. The molecule has 0 atom stereocenters. The summed E-state index contributed by atoms with van der Waals surface area (Å²) >= 11 is 2.90. The topological polar surface area (TPSA) is 97.7 Å². The molecule has 1 heterocycles. The Morgan fingerprint density at radius 1 is 1.09 bits per heavy atom. The molecule has 1 aromatic heterocycles. The molecule has 7 nitrogen and oxygen atoms in total. The molecule has 0 aliphatic carbocycles. The molecular weight excluding hydrogens is 478 g/mol. The van der Waals surface area contributed by atoms with Crippen LogP contribution in [0.3, 0.4) is 0 Å². The van der Waals surface area contributed by atoms with Crippen LogP contribution in [0.2, 0.25) is 0 Å². The molecule has 0 saturated carbocycles. The van der Waals surface area contributed by atoms with Crippen LogP contribution in [-0.4, -0.2) is 31.3 Å². The lowest BCUT2D eigenvalue weighted by molar-refractivity contribution is -0.118. The van der Waals surface area contributed by atoms with Crippen molar-refractivity contribution in [2.75, 3.05) is 5.75 Å². The third-order valence-electron chi connectivity index (χ3n) is 4.40. The van der Waals surface area contributed by atoms with Crippen molar-refractivity contribution >= 4 is 55.6 Å². The van der Waals surface area contributed by atoms with Crippen molar-refractivity contribution in [3.8, 4) is 5.75 Å². The van der Waals surface area contributed by atoms with Gasteiger partial charge in [0.05, 0.1) is 22.2 Å². The number of hydrogen-bond acceptors (Lipinski definition) is 8. The highest BCUT2D eigenvalue weighted by molar-refractivity contribution is 8.01. The molecule has 1 amide bonds. The predicted molar refractivity (Wildman–Crippen MR) is 132 cm³/mol. The maximum absolute atomic E-state index is 12.4. The maximum Gasteiger partial charge on any atom is 0.339 e. The van der Waals surface area contributed by atoms with Gasteiger partial charge in [0.2, 0.25) is 0 Å². The van der Waals surface area contributed by atoms with Gasteiger partial charge < -0.3 is 4.18 Å². The highest BCUT2D eigenvalue weighted by Crippen LogP contribution is 2.29. The van der Waals surface area contributed by atoms with Gasteiger partial charge in [0.25, 0.3) is 5.91 Å². The minimum Gasteiger partial charge on any atom is -0.379 e. The number of hydrogen-bond donors (Lipinski definition) is 1. The van der Waals surface area contributed by atoms with E-state index in [1.54, 1.807) is 35.6 Å². The van der Waals surface area contributed by atoms with E-state index < -0.39 is 10.1 Å². The first-order valence-corrected chi connectivity index (χ1v) is 13.0. The van der Waals surface area contributed by atoms with Crippen LogP contribution in [0.4, 0.5) is 0 Å². The average Bonchev–Trinajstić information content (AvgIpc) is 3.22. The van der Waals surface area contributed by atoms with Crippen LogP contribution in [0, 0.1) is 6.92 Å². The number of thioether (sulfide) groups is 1. The summed E-state index contributed by atoms with van der Waals surface area (Å²) in [5, 5.41) is 3.94. The van der Waals surface area contributed by atoms with Gasteiger partial charge in [0.1, 0.15) is 10.6 Å². The van der Waals surface area contributed by atoms with Crippen molar-refractivity contribution in [1.82, 2.24) is 10.4 Å². The highest BCUT2D eigenvalue weighted by atomic mass is 32.2. The number of nitrogens with zero attached hydrogens (tertiary/aromatic N) is 2. The quantitative estimate of drug-likeness (QED) is 0.165. The minimum absolute atomic E-state index is 0.0881. The monoisotopic (exact) mass is 497 g/mol. The average molecular weight is 498 g/mol. The van der Waals surface area contributed by atoms with Gasteiger partial charge in [0, 0.05) is 0 Å². The number of carbonyl (C=O) groups excluding carboxylic acids is 1. The molecule has 0 unspecified atom stereocenters. The summed E-state index contributed by atoms with van der Waals surface area (Å²) in [6.07, 6.45) is 1.47. The Bertz CT molecular complexity index is 1360. The van der Waals surface area contributed by atoms with E-state index in [4.69, 9.17) is 4.18 Å². The molecule has 0 spiro atoms. The molecule has 0 radical (unpaired) electrons. The Hall–Kier alpha value is -3.21. The van der Waals surface area contributed by atoms with Crippen molar-refractivity contribution in [2.45, 2.75) is 16.2 Å². The lowest BCUT2D eigenvalue weighted by Crippen LogP contribution is -2.19. The summed E-state index contributed by atoms with van der Waals surface area (Å²) in [7, 11) is -3.91. The molecule has 3 aromatic carbocycles. The zero-order valence-corrected chi connectivity index (χ0v) is 19.9. The van der Waals surface area contributed by atoms with Crippen LogP contribution in [0.15, 0.2) is 87.1 Å². The Morgan fingerprint density at radius 3 is 2.55 bits per heavy atom. The van der Waals surface area contributed by atoms with Gasteiger partial charge in [-0.1, -0.05) is 41.6 Å². The summed E-state index contributed by atoms with van der Waals surface area (Å²) < 4.78 is 31.8. The summed E-state index contributed by atoms with van der Waals surface area (Å²) in [4.78, 5) is 16.6. The molecule has 4 rings (SSSR count). The second kappa shape index (κ2) is 10.2. The van der Waals surface area contributed by atoms with Crippen molar-refractivity contribution < 1.29 is 17.4 Å². The second-order valence-electron chi connectivity index (χ2n) is 6.95. The molecule has 0 aliphatic heterocycles. The largest absolute Gasteiger partial charge is 0.379 e. The van der Waals surface area contributed by atoms with Crippen molar-refractivity contribution in [2.24, 2.45) is 5.10 Å². The fraction of sp³-hybridized carbons (Fsp3) is 0.0870. The van der Waals surface area contributed by atoms with Crippen LogP contribution < -0.4 is 9.61 Å². The van der Waals surface area contributed by atoms with Gasteiger partial charge >= 0.3 is 10.1 Å². The molecule has 0 aliphatic rings. The number of para-hydroxylation sites is 1. The second-order valence-corrected chi connectivity index (χ2v) is 10.7. The van der Waals surface area contributed by atoms with Gasteiger partial charge in [0.15, 0.2) is 4.34 Å². The van der Waals surface area contributed by atoms with Crippen LogP contribution in [0.25, 0.3) is 10.2 Å². The summed E-state index contributed by atoms with van der Waals surface area (Å²) in [6.45, 7) is 1.88. The van der Waals surface area contributed by atoms with Crippen molar-refractivity contribution in [3.05, 3.63) is 83.9 Å². The Labute approximate surface area is 199 Å². The zero-order valence-electron chi connectivity index (χ0n) is 17.5. The van der Waals surface area contributed by atoms with E-state index in [9.17, 15) is 13.2 Å². The highest BCUT2D eigenvalue weighted by Gasteiger charge is 2.16. The van der Waals surface area contributed by atoms with E-state index in [-0.39, 0.29) is 22.3 Å². The van der Waals surface area contributed by atoms with E-state index in [2.05, 4.69) is 15.5 Å². The SMILES string of the molecule is Cc1ccc(S(=O)(=O)Oc2ccc(/C=N/NC(=O)CSc3nc4ccccc4s3)cc2)cc1. The van der Waals surface area contributed by atoms with Crippen LogP contribution in [-0.2, 0) is 14.9 Å². The van der Waals surface area contributed by atoms with Gasteiger partial charge in [-0.25, -0.2) is 10.4 Å². The number of carbonyl (C=O) groups is 1. The first-order valence-electron chi connectivity index (χ1n) is 9.80. The van der Waals surface area contributed by atoms with E-state index >= 15 is 0 Å². The van der Waals surface area contributed by atoms with Crippen LogP contribution >= 0.6 is 23.1 Å². The predicted octanol–water partition coefficient (Wildman–Crippen LogP) is 4.61. The van der Waals surface area contributed by atoms with Gasteiger partial charge in [-0.3, -0.25) is 4.79 Å². The summed E-state index contributed by atoms with van der Waals surface area (Å²) in [6, 6.07) is 20.6. The smallest absolute Gasteiger partial charge is 0.339 e. The number of aryl methyl sites for hydroxylation is 1. The van der Waals surface area contributed by atoms with Gasteiger partial charge in [-0.2, -0.15) is 13.5 Å². The van der Waals surface area contributed by atoms with E-state index in [0.717, 1.165) is 20.1 Å². The molecule has 4 aromatic rings. The number of fused-ring (bicyclic) bond motifs is 1. The number of benzene rings is 3. The molecule has 1 N–H and O–H groups in total. The van der Waals surface area contributed by atoms with E-state index in [1.165, 1.54) is 42.2 Å². The standard InChI is InChI=1S/C23H19N3O4S3/c1-16-6-12-19(13-7-16)33(28,29)30-18-10-8-17(9-11-18)14-24-26-22(27)15-31-23-25-20-4-2-3-5-21(20)32-23/h2-14H,15H2,1H3,(H,26,27)/b24-14+. The Morgan fingerprint density at radius 2 is 1.82 bits per heavy atom. The molecular formula is C23H19N3O4S3. The molecule has 0 bridgehead atoms. The van der Waals surface area contributed by atoms with E-state index in [1.807, 2.05) is 31.2 Å². The third kappa shape index (κ3) is 6.19. The van der Waals surface area contributed by atoms with E-state index in [0.29, 0.717) is 5.56 Å². The molecule has 33 heavy (non-hydrogen) atoms. The van der Waals surface area contributed by atoms with Crippen LogP contribution in [0.1, 0.15) is 11.1 Å². The van der Waals surface area contributed by atoms with Crippen molar-refractivity contribution in [3.63, 3.8) is 0 Å². The minimum atomic E-state index is -3.91. The lowest BCUT2D eigenvalue weighted by atomic mass is 10.2. The number of amides is 1. The third-order valence-corrected chi connectivity index (χ3v) is 7.84. The van der Waals surface area contributed by atoms with Gasteiger partial charge in [-0.05, 0) is 61.0 Å². The van der Waals surface area contributed by atoms with Gasteiger partial charge in [-0.15, -0.1) is 11.3 Å². The fourth-order valence-corrected chi connectivity index (χ4v) is 5.53. The Kier molecular flexibility index (Phi) is 7.07. The number of nitrogens with one attached hydrogen (secondary N) is 1. The first kappa shape index (κ1) is 23.0. The zero-order chi connectivity index (χ0) is 23.3. The number of aromatic nitrogens is 1. The van der Waals surface area contributed by atoms with Crippen LogP contribution in [0.5, 0.6) is 5.75 Å². The molecule has 0 saturated heterocycles. The molecule has 168 valence electrons. The summed E-state index contributed by atoms with van der Waals surface area (Å²) in [5.74, 6) is 0.129. The normalized spacial score (nSPS) is 11.7. The molecule has 0 fully saturated rings. The number of hydrazone groups is 1. The summed E-state index contributed by atoms with van der Waals surface area (Å²) in [5.41, 5.74) is 5.03. The van der Waals surface area contributed by atoms with Crippen molar-refractivity contribution in [1.29, 1.82) is 0 Å². The lowest BCUT2D eigenvalue weighted by Gasteiger charge is -2.07. The number of rotatable bonds is 8. The maximum atomic E-state index is 12.4. The fourth-order valence-electron chi connectivity index (χ4n) is 2.74.